The zero-order valence-electron chi connectivity index (χ0n) is 22.6. The van der Waals surface area contributed by atoms with Crippen LogP contribution in [0.4, 0.5) is 11.4 Å². The van der Waals surface area contributed by atoms with Gasteiger partial charge in [-0.1, -0.05) is 104 Å². The third-order valence-corrected chi connectivity index (χ3v) is 9.06. The van der Waals surface area contributed by atoms with E-state index in [-0.39, 0.29) is 12.1 Å². The molecule has 0 atom stereocenters. The molecule has 1 aliphatic carbocycles. The van der Waals surface area contributed by atoms with Crippen molar-refractivity contribution in [3.63, 3.8) is 0 Å². The molecule has 0 saturated carbocycles. The smallest absolute Gasteiger partial charge is 0.247 e. The molecule has 0 spiro atoms. The number of hydrogen-bond donors (Lipinski definition) is 0. The monoisotopic (exact) mass is 500 g/mol. The zero-order chi connectivity index (χ0) is 26.5. The Morgan fingerprint density at radius 3 is 2.38 bits per heavy atom. The third kappa shape index (κ3) is 2.72. The summed E-state index contributed by atoms with van der Waals surface area (Å²) in [5.41, 5.74) is 14.1. The highest BCUT2D eigenvalue weighted by molar-refractivity contribution is 6.92. The molecule has 0 unspecified atom stereocenters. The van der Waals surface area contributed by atoms with E-state index < -0.39 is 0 Å². The average Bonchev–Trinajstić information content (AvgIpc) is 3.42. The predicted molar refractivity (Wildman–Crippen MR) is 167 cm³/mol. The van der Waals surface area contributed by atoms with Gasteiger partial charge in [0.05, 0.1) is 11.0 Å². The highest BCUT2D eigenvalue weighted by Gasteiger charge is 2.51. The topological polar surface area (TPSA) is 8.17 Å². The highest BCUT2D eigenvalue weighted by atomic mass is 15.2. The molecule has 0 amide bonds. The lowest BCUT2D eigenvalue weighted by molar-refractivity contribution is 0.665. The minimum absolute atomic E-state index is 0.0920. The summed E-state index contributed by atoms with van der Waals surface area (Å²) in [7, 11) is 0. The van der Waals surface area contributed by atoms with Crippen LogP contribution in [0.2, 0.25) is 0 Å². The summed E-state index contributed by atoms with van der Waals surface area (Å²) in [5.74, 6) is 0. The van der Waals surface area contributed by atoms with Crippen LogP contribution in [0.3, 0.4) is 0 Å². The molecule has 186 valence electrons. The van der Waals surface area contributed by atoms with Gasteiger partial charge in [-0.3, -0.25) is 0 Å². The summed E-state index contributed by atoms with van der Waals surface area (Å²) >= 11 is 0. The van der Waals surface area contributed by atoms with Gasteiger partial charge in [0.15, 0.2) is 0 Å². The highest BCUT2D eigenvalue weighted by Crippen LogP contribution is 2.55. The van der Waals surface area contributed by atoms with Crippen LogP contribution in [-0.2, 0) is 5.41 Å². The van der Waals surface area contributed by atoms with Gasteiger partial charge in [0.2, 0.25) is 6.71 Å². The van der Waals surface area contributed by atoms with E-state index in [1.165, 1.54) is 55.3 Å². The molecular formula is C36H29BN2. The Kier molecular flexibility index (Phi) is 4.48. The van der Waals surface area contributed by atoms with Crippen molar-refractivity contribution in [1.82, 2.24) is 4.57 Å². The lowest BCUT2D eigenvalue weighted by Gasteiger charge is -2.43. The van der Waals surface area contributed by atoms with E-state index in [9.17, 15) is 0 Å². The van der Waals surface area contributed by atoms with Crippen molar-refractivity contribution in [2.45, 2.75) is 26.2 Å². The molecule has 3 aliphatic rings. The largest absolute Gasteiger partial charge is 0.311 e. The summed E-state index contributed by atoms with van der Waals surface area (Å²) in [5, 5.41) is 2.61. The van der Waals surface area contributed by atoms with Gasteiger partial charge in [-0.25, -0.2) is 0 Å². The molecule has 1 aromatic heterocycles. The third-order valence-electron chi connectivity index (χ3n) is 9.06. The molecule has 4 aromatic carbocycles. The van der Waals surface area contributed by atoms with Gasteiger partial charge < -0.3 is 9.47 Å². The molecular weight excluding hydrogens is 471 g/mol. The van der Waals surface area contributed by atoms with Crippen molar-refractivity contribution in [2.24, 2.45) is 0 Å². The minimum Gasteiger partial charge on any atom is -0.311 e. The van der Waals surface area contributed by atoms with Gasteiger partial charge in [0.1, 0.15) is 0 Å². The van der Waals surface area contributed by atoms with E-state index in [2.05, 4.69) is 139 Å². The molecule has 0 saturated heterocycles. The van der Waals surface area contributed by atoms with Crippen molar-refractivity contribution in [3.8, 4) is 0 Å². The standard InChI is InChI=1S/C36H29BN2/c1-5-6-19-29-23(2)37-32-31(38(29)24-14-8-7-9-15-24)22-21-26-25-16-11-13-20-30(25)39(33(26)32)34-27-17-10-12-18-28(27)36(3,4)35(34)37/h5-22H,2H2,1,3-4H3/b6-5-,29-19+. The Balaban J connectivity index is 1.58. The van der Waals surface area contributed by atoms with Gasteiger partial charge in [0.25, 0.3) is 0 Å². The van der Waals surface area contributed by atoms with Crippen LogP contribution < -0.4 is 10.4 Å². The SMILES string of the molecule is C=C1B2C3=C(c4ccccc4C3(C)C)n3c4ccccc4c4ccc(c2c43)N(c2ccccc2)/C1=C/C=C\C. The number of fused-ring (bicyclic) bond motifs is 7. The molecule has 0 fully saturated rings. The number of nitrogens with zero attached hydrogens (tertiary/aromatic N) is 2. The van der Waals surface area contributed by atoms with Crippen LogP contribution in [0, 0.1) is 0 Å². The van der Waals surface area contributed by atoms with E-state index in [0.29, 0.717) is 0 Å². The first-order valence-electron chi connectivity index (χ1n) is 13.8. The van der Waals surface area contributed by atoms with Gasteiger partial charge >= 0.3 is 0 Å². The fraction of sp³-hybridized carbons (Fsp3) is 0.111. The maximum absolute atomic E-state index is 4.87. The van der Waals surface area contributed by atoms with Crippen LogP contribution in [-0.4, -0.2) is 11.3 Å². The second-order valence-electron chi connectivity index (χ2n) is 11.4. The Hall–Kier alpha value is -4.50. The summed E-state index contributed by atoms with van der Waals surface area (Å²) in [4.78, 5) is 2.41. The van der Waals surface area contributed by atoms with Crippen molar-refractivity contribution in [2.75, 3.05) is 4.90 Å². The van der Waals surface area contributed by atoms with Crippen molar-refractivity contribution in [1.29, 1.82) is 0 Å². The molecule has 39 heavy (non-hydrogen) atoms. The van der Waals surface area contributed by atoms with Crippen molar-refractivity contribution in [3.05, 3.63) is 144 Å². The summed E-state index contributed by atoms with van der Waals surface area (Å²) in [6.07, 6.45) is 6.48. The van der Waals surface area contributed by atoms with Crippen LogP contribution in [0.25, 0.3) is 27.5 Å². The normalized spacial score (nSPS) is 18.1. The lowest BCUT2D eigenvalue weighted by atomic mass is 9.30. The lowest BCUT2D eigenvalue weighted by Crippen LogP contribution is -2.51. The summed E-state index contributed by atoms with van der Waals surface area (Å²) in [6.45, 7) is 11.8. The number of benzene rings is 4. The van der Waals surface area contributed by atoms with E-state index in [1.54, 1.807) is 0 Å². The van der Waals surface area contributed by atoms with Crippen LogP contribution in [0.5, 0.6) is 0 Å². The van der Waals surface area contributed by atoms with Gasteiger partial charge in [-0.2, -0.15) is 0 Å². The zero-order valence-corrected chi connectivity index (χ0v) is 22.6. The Morgan fingerprint density at radius 1 is 0.821 bits per heavy atom. The maximum Gasteiger partial charge on any atom is 0.247 e. The number of rotatable bonds is 2. The Bertz CT molecular complexity index is 1970. The summed E-state index contributed by atoms with van der Waals surface area (Å²) < 4.78 is 2.57. The first-order valence-corrected chi connectivity index (χ1v) is 13.8. The van der Waals surface area contributed by atoms with E-state index in [4.69, 9.17) is 6.58 Å². The first kappa shape index (κ1) is 22.5. The molecule has 0 N–H and O–H groups in total. The fourth-order valence-electron chi connectivity index (χ4n) is 7.48. The Labute approximate surface area is 230 Å². The number of hydrogen-bond acceptors (Lipinski definition) is 1. The Morgan fingerprint density at radius 2 is 1.56 bits per heavy atom. The second-order valence-corrected chi connectivity index (χ2v) is 11.4. The van der Waals surface area contributed by atoms with Crippen molar-refractivity contribution < 1.29 is 0 Å². The molecule has 3 heteroatoms. The minimum atomic E-state index is -0.136. The van der Waals surface area contributed by atoms with E-state index in [1.807, 2.05) is 0 Å². The summed E-state index contributed by atoms with van der Waals surface area (Å²) in [6, 6.07) is 33.3. The first-order chi connectivity index (χ1) is 19.0. The average molecular weight is 500 g/mol. The predicted octanol–water partition coefficient (Wildman–Crippen LogP) is 8.31. The molecule has 0 bridgehead atoms. The number of aromatic nitrogens is 1. The quantitative estimate of drug-likeness (QED) is 0.221. The maximum atomic E-state index is 4.87. The van der Waals surface area contributed by atoms with Gasteiger partial charge in [0, 0.05) is 44.5 Å². The van der Waals surface area contributed by atoms with Crippen LogP contribution >= 0.6 is 0 Å². The number of allylic oxidation sites excluding steroid dienone is 5. The van der Waals surface area contributed by atoms with Gasteiger partial charge in [-0.05, 0) is 48.3 Å². The molecule has 8 rings (SSSR count). The van der Waals surface area contributed by atoms with E-state index in [0.717, 1.165) is 16.9 Å². The van der Waals surface area contributed by atoms with Crippen molar-refractivity contribution >= 4 is 51.1 Å². The second kappa shape index (κ2) is 7.77. The molecule has 5 aromatic rings. The number of para-hydroxylation sites is 2. The molecule has 0 radical (unpaired) electrons. The van der Waals surface area contributed by atoms with Crippen LogP contribution in [0.1, 0.15) is 31.9 Å². The van der Waals surface area contributed by atoms with Gasteiger partial charge in [-0.15, -0.1) is 6.58 Å². The van der Waals surface area contributed by atoms with E-state index >= 15 is 0 Å². The molecule has 2 nitrogen and oxygen atoms in total. The number of anilines is 2. The van der Waals surface area contributed by atoms with Crippen LogP contribution in [0.15, 0.2) is 132 Å². The molecule has 2 aliphatic heterocycles. The fourth-order valence-corrected chi connectivity index (χ4v) is 7.48. The molecule has 3 heterocycles.